The number of nitrogens with one attached hydrogen (secondary N) is 1. The largest absolute Gasteiger partial charge is 0.345 e. The molecule has 0 spiro atoms. The number of H-pyrrole nitrogens is 1. The van der Waals surface area contributed by atoms with E-state index < -0.39 is 0 Å². The van der Waals surface area contributed by atoms with Crippen LogP contribution in [0.2, 0.25) is 0 Å². The molecule has 1 N–H and O–H groups in total. The van der Waals surface area contributed by atoms with Gasteiger partial charge in [0.25, 0.3) is 0 Å². The van der Waals surface area contributed by atoms with E-state index in [9.17, 15) is 0 Å². The van der Waals surface area contributed by atoms with Crippen molar-refractivity contribution >= 4 is 0 Å². The molecule has 2 rings (SSSR count). The van der Waals surface area contributed by atoms with Gasteiger partial charge in [0.2, 0.25) is 0 Å². The lowest BCUT2D eigenvalue weighted by molar-refractivity contribution is 0.677. The molecule has 3 nitrogen and oxygen atoms in total. The highest BCUT2D eigenvalue weighted by Crippen LogP contribution is 2.32. The Bertz CT molecular complexity index is 315. The van der Waals surface area contributed by atoms with E-state index in [1.165, 1.54) is 25.7 Å². The SMILES string of the molecule is N#CCc1cnc(C2CCCC2)[nH]1. The quantitative estimate of drug-likeness (QED) is 0.748. The van der Waals surface area contributed by atoms with Crippen molar-refractivity contribution in [2.45, 2.75) is 38.0 Å². The van der Waals surface area contributed by atoms with E-state index in [2.05, 4.69) is 16.0 Å². The summed E-state index contributed by atoms with van der Waals surface area (Å²) in [6.45, 7) is 0. The molecule has 1 heterocycles. The van der Waals surface area contributed by atoms with Crippen molar-refractivity contribution in [3.05, 3.63) is 17.7 Å². The average Bonchev–Trinajstić information content (AvgIpc) is 2.70. The molecule has 0 atom stereocenters. The number of hydrogen-bond acceptors (Lipinski definition) is 2. The highest BCUT2D eigenvalue weighted by Gasteiger charge is 2.19. The normalized spacial score (nSPS) is 17.5. The van der Waals surface area contributed by atoms with Crippen LogP contribution in [0.4, 0.5) is 0 Å². The Balaban J connectivity index is 2.08. The summed E-state index contributed by atoms with van der Waals surface area (Å²) in [5.41, 5.74) is 0.949. The van der Waals surface area contributed by atoms with Gasteiger partial charge in [-0.1, -0.05) is 12.8 Å². The molecule has 1 aromatic rings. The molecule has 1 aliphatic rings. The molecule has 0 aliphatic heterocycles. The third-order valence-corrected chi connectivity index (χ3v) is 2.66. The monoisotopic (exact) mass is 175 g/mol. The van der Waals surface area contributed by atoms with E-state index in [1.807, 2.05) is 0 Å². The molecule has 0 saturated heterocycles. The summed E-state index contributed by atoms with van der Waals surface area (Å²) in [6, 6.07) is 2.12. The van der Waals surface area contributed by atoms with E-state index in [0.717, 1.165) is 11.5 Å². The van der Waals surface area contributed by atoms with Gasteiger partial charge < -0.3 is 4.98 Å². The summed E-state index contributed by atoms with van der Waals surface area (Å²) in [4.78, 5) is 7.53. The highest BCUT2D eigenvalue weighted by atomic mass is 14.9. The second-order valence-corrected chi connectivity index (χ2v) is 3.61. The van der Waals surface area contributed by atoms with Gasteiger partial charge in [-0.15, -0.1) is 0 Å². The lowest BCUT2D eigenvalue weighted by Crippen LogP contribution is -1.94. The number of aromatic amines is 1. The van der Waals surface area contributed by atoms with E-state index in [0.29, 0.717) is 12.3 Å². The molecule has 1 aliphatic carbocycles. The molecular weight excluding hydrogens is 162 g/mol. The number of imidazole rings is 1. The fourth-order valence-corrected chi connectivity index (χ4v) is 1.96. The Morgan fingerprint density at radius 2 is 2.31 bits per heavy atom. The van der Waals surface area contributed by atoms with Crippen LogP contribution < -0.4 is 0 Å². The zero-order valence-corrected chi connectivity index (χ0v) is 7.58. The van der Waals surface area contributed by atoms with Crippen LogP contribution in [0.1, 0.15) is 43.1 Å². The van der Waals surface area contributed by atoms with Gasteiger partial charge in [-0.3, -0.25) is 0 Å². The fraction of sp³-hybridized carbons (Fsp3) is 0.600. The minimum atomic E-state index is 0.444. The van der Waals surface area contributed by atoms with Gasteiger partial charge in [-0.05, 0) is 12.8 Å². The van der Waals surface area contributed by atoms with Crippen molar-refractivity contribution in [1.82, 2.24) is 9.97 Å². The van der Waals surface area contributed by atoms with Crippen molar-refractivity contribution in [3.8, 4) is 6.07 Å². The van der Waals surface area contributed by atoms with Crippen LogP contribution in [0.15, 0.2) is 6.20 Å². The molecule has 13 heavy (non-hydrogen) atoms. The minimum Gasteiger partial charge on any atom is -0.345 e. The predicted octanol–water partition coefficient (Wildman–Crippen LogP) is 2.13. The molecule has 3 heteroatoms. The first-order chi connectivity index (χ1) is 6.40. The van der Waals surface area contributed by atoms with Crippen LogP contribution in [0.3, 0.4) is 0 Å². The molecule has 0 amide bonds. The molecule has 0 bridgehead atoms. The van der Waals surface area contributed by atoms with E-state index in [4.69, 9.17) is 5.26 Å². The first-order valence-electron chi connectivity index (χ1n) is 4.81. The molecule has 68 valence electrons. The third kappa shape index (κ3) is 1.72. The van der Waals surface area contributed by atoms with Gasteiger partial charge in [-0.2, -0.15) is 5.26 Å². The van der Waals surface area contributed by atoms with E-state index in [-0.39, 0.29) is 0 Å². The predicted molar refractivity (Wildman–Crippen MR) is 49.1 cm³/mol. The molecule has 0 radical (unpaired) electrons. The van der Waals surface area contributed by atoms with Gasteiger partial charge in [-0.25, -0.2) is 4.98 Å². The Morgan fingerprint density at radius 3 is 3.00 bits per heavy atom. The molecule has 1 fully saturated rings. The average molecular weight is 175 g/mol. The van der Waals surface area contributed by atoms with Crippen LogP contribution in [-0.2, 0) is 6.42 Å². The maximum Gasteiger partial charge on any atom is 0.109 e. The first-order valence-corrected chi connectivity index (χ1v) is 4.81. The number of nitrogens with zero attached hydrogens (tertiary/aromatic N) is 2. The molecule has 1 aromatic heterocycles. The van der Waals surface area contributed by atoms with Crippen molar-refractivity contribution in [2.75, 3.05) is 0 Å². The Kier molecular flexibility index (Phi) is 2.31. The van der Waals surface area contributed by atoms with Crippen LogP contribution in [0.25, 0.3) is 0 Å². The van der Waals surface area contributed by atoms with Crippen LogP contribution >= 0.6 is 0 Å². The summed E-state index contributed by atoms with van der Waals surface area (Å²) in [5.74, 6) is 1.70. The molecule has 0 aromatic carbocycles. The summed E-state index contributed by atoms with van der Waals surface area (Å²) in [5, 5.41) is 8.50. The zero-order chi connectivity index (χ0) is 9.10. The van der Waals surface area contributed by atoms with Crippen molar-refractivity contribution < 1.29 is 0 Å². The van der Waals surface area contributed by atoms with Gasteiger partial charge >= 0.3 is 0 Å². The topological polar surface area (TPSA) is 52.5 Å². The van der Waals surface area contributed by atoms with Crippen LogP contribution in [0.5, 0.6) is 0 Å². The summed E-state index contributed by atoms with van der Waals surface area (Å²) < 4.78 is 0. The summed E-state index contributed by atoms with van der Waals surface area (Å²) in [7, 11) is 0. The van der Waals surface area contributed by atoms with Crippen molar-refractivity contribution in [1.29, 1.82) is 5.26 Å². The smallest absolute Gasteiger partial charge is 0.109 e. The van der Waals surface area contributed by atoms with Gasteiger partial charge in [0, 0.05) is 17.8 Å². The molecule has 1 saturated carbocycles. The van der Waals surface area contributed by atoms with Crippen molar-refractivity contribution in [3.63, 3.8) is 0 Å². The first kappa shape index (κ1) is 8.31. The number of rotatable bonds is 2. The maximum absolute atomic E-state index is 8.50. The summed E-state index contributed by atoms with van der Waals surface area (Å²) in [6.07, 6.45) is 7.37. The Morgan fingerprint density at radius 1 is 1.54 bits per heavy atom. The number of aromatic nitrogens is 2. The second kappa shape index (κ2) is 3.61. The van der Waals surface area contributed by atoms with Gasteiger partial charge in [0.05, 0.1) is 12.5 Å². The van der Waals surface area contributed by atoms with Crippen molar-refractivity contribution in [2.24, 2.45) is 0 Å². The Labute approximate surface area is 77.8 Å². The molecular formula is C10H13N3. The highest BCUT2D eigenvalue weighted by molar-refractivity contribution is 5.09. The maximum atomic E-state index is 8.50. The van der Waals surface area contributed by atoms with Gasteiger partial charge in [0.1, 0.15) is 5.82 Å². The van der Waals surface area contributed by atoms with Crippen LogP contribution in [0, 0.1) is 11.3 Å². The number of hydrogen-bond donors (Lipinski definition) is 1. The number of nitriles is 1. The van der Waals surface area contributed by atoms with E-state index in [1.54, 1.807) is 6.20 Å². The minimum absolute atomic E-state index is 0.444. The second-order valence-electron chi connectivity index (χ2n) is 3.61. The van der Waals surface area contributed by atoms with Crippen LogP contribution in [-0.4, -0.2) is 9.97 Å². The standard InChI is InChI=1S/C10H13N3/c11-6-5-9-7-12-10(13-9)8-3-1-2-4-8/h7-8H,1-5H2,(H,12,13). The van der Waals surface area contributed by atoms with Gasteiger partial charge in [0.15, 0.2) is 0 Å². The Hall–Kier alpha value is -1.30. The zero-order valence-electron chi connectivity index (χ0n) is 7.58. The lowest BCUT2D eigenvalue weighted by atomic mass is 10.1. The summed E-state index contributed by atoms with van der Waals surface area (Å²) >= 11 is 0. The third-order valence-electron chi connectivity index (χ3n) is 2.66. The lowest BCUT2D eigenvalue weighted by Gasteiger charge is -2.02. The molecule has 0 unspecified atom stereocenters. The van der Waals surface area contributed by atoms with E-state index >= 15 is 0 Å². The fourth-order valence-electron chi connectivity index (χ4n) is 1.96.